The van der Waals surface area contributed by atoms with Crippen molar-refractivity contribution in [2.24, 2.45) is 17.6 Å². The highest BCUT2D eigenvalue weighted by molar-refractivity contribution is 5.79. The quantitative estimate of drug-likeness (QED) is 0.789. The molecule has 0 aliphatic heterocycles. The third-order valence-corrected chi connectivity index (χ3v) is 4.53. The van der Waals surface area contributed by atoms with E-state index in [-0.39, 0.29) is 17.9 Å². The van der Waals surface area contributed by atoms with Gasteiger partial charge >= 0.3 is 0 Å². The van der Waals surface area contributed by atoms with E-state index in [4.69, 9.17) is 5.73 Å². The van der Waals surface area contributed by atoms with E-state index in [2.05, 4.69) is 5.32 Å². The van der Waals surface area contributed by atoms with Gasteiger partial charge in [0.2, 0.25) is 5.91 Å². The predicted octanol–water partition coefficient (Wildman–Crippen LogP) is 2.20. The second kappa shape index (κ2) is 6.39. The topological polar surface area (TPSA) is 55.1 Å². The fraction of sp³-hybridized carbons (Fsp3) is 0.929. The van der Waals surface area contributed by atoms with Gasteiger partial charge in [-0.15, -0.1) is 0 Å². The Hall–Kier alpha value is -0.570. The molecule has 0 aromatic heterocycles. The number of hydrogen-bond donors (Lipinski definition) is 2. The lowest BCUT2D eigenvalue weighted by Crippen LogP contribution is -2.47. The van der Waals surface area contributed by atoms with Crippen LogP contribution in [0.5, 0.6) is 0 Å². The zero-order valence-corrected chi connectivity index (χ0v) is 10.8. The molecule has 0 heterocycles. The van der Waals surface area contributed by atoms with Gasteiger partial charge in [-0.3, -0.25) is 4.79 Å². The Morgan fingerprint density at radius 3 is 2.24 bits per heavy atom. The molecular formula is C14H26N2O. The van der Waals surface area contributed by atoms with Crippen LogP contribution < -0.4 is 11.1 Å². The normalized spacial score (nSPS) is 24.8. The zero-order chi connectivity index (χ0) is 12.1. The lowest BCUT2D eigenvalue weighted by molar-refractivity contribution is -0.127. The average Bonchev–Trinajstić information content (AvgIpc) is 2.90. The predicted molar refractivity (Wildman–Crippen MR) is 69.5 cm³/mol. The van der Waals surface area contributed by atoms with Crippen LogP contribution in [0.15, 0.2) is 0 Å². The molecule has 0 aromatic rings. The van der Waals surface area contributed by atoms with Gasteiger partial charge in [0.25, 0.3) is 0 Å². The number of hydrogen-bond acceptors (Lipinski definition) is 2. The van der Waals surface area contributed by atoms with E-state index in [0.717, 1.165) is 12.8 Å². The molecule has 0 radical (unpaired) electrons. The van der Waals surface area contributed by atoms with Crippen LogP contribution in [0, 0.1) is 11.8 Å². The van der Waals surface area contributed by atoms with E-state index in [9.17, 15) is 4.79 Å². The van der Waals surface area contributed by atoms with Crippen LogP contribution in [0.4, 0.5) is 0 Å². The maximum absolute atomic E-state index is 12.2. The van der Waals surface area contributed by atoms with Gasteiger partial charge in [0.15, 0.2) is 0 Å². The average molecular weight is 238 g/mol. The summed E-state index contributed by atoms with van der Waals surface area (Å²) in [6, 6.07) is 0.229. The molecule has 2 saturated carbocycles. The lowest BCUT2D eigenvalue weighted by atomic mass is 9.88. The Morgan fingerprint density at radius 1 is 1.06 bits per heavy atom. The Bertz CT molecular complexity index is 243. The van der Waals surface area contributed by atoms with Crippen molar-refractivity contribution in [3.63, 3.8) is 0 Å². The minimum Gasteiger partial charge on any atom is -0.352 e. The summed E-state index contributed by atoms with van der Waals surface area (Å²) in [5, 5.41) is 3.21. The molecule has 17 heavy (non-hydrogen) atoms. The molecule has 2 rings (SSSR count). The molecular weight excluding hydrogens is 212 g/mol. The molecule has 0 spiro atoms. The molecule has 1 unspecified atom stereocenters. The molecule has 1 amide bonds. The summed E-state index contributed by atoms with van der Waals surface area (Å²) in [5.41, 5.74) is 5.82. The standard InChI is InChI=1S/C14H26N2O/c15-10-13(11-6-4-5-7-11)16-14(17)12-8-2-1-3-9-12/h11-13H,1-10,15H2,(H,16,17). The molecule has 3 N–H and O–H groups in total. The lowest BCUT2D eigenvalue weighted by Gasteiger charge is -2.27. The van der Waals surface area contributed by atoms with Gasteiger partial charge in [-0.2, -0.15) is 0 Å². The maximum atomic E-state index is 12.2. The highest BCUT2D eigenvalue weighted by atomic mass is 16.1. The SMILES string of the molecule is NCC(NC(=O)C1CCCCC1)C1CCCC1. The van der Waals surface area contributed by atoms with E-state index >= 15 is 0 Å². The Morgan fingerprint density at radius 2 is 1.65 bits per heavy atom. The van der Waals surface area contributed by atoms with E-state index in [1.807, 2.05) is 0 Å². The minimum absolute atomic E-state index is 0.229. The van der Waals surface area contributed by atoms with Crippen molar-refractivity contribution in [1.82, 2.24) is 5.32 Å². The van der Waals surface area contributed by atoms with Gasteiger partial charge in [-0.25, -0.2) is 0 Å². The van der Waals surface area contributed by atoms with Crippen LogP contribution in [-0.4, -0.2) is 18.5 Å². The maximum Gasteiger partial charge on any atom is 0.223 e. The number of carbonyl (C=O) groups is 1. The van der Waals surface area contributed by atoms with Gasteiger partial charge in [0.05, 0.1) is 0 Å². The third-order valence-electron chi connectivity index (χ3n) is 4.53. The van der Waals surface area contributed by atoms with Crippen LogP contribution in [0.25, 0.3) is 0 Å². The monoisotopic (exact) mass is 238 g/mol. The molecule has 0 bridgehead atoms. The van der Waals surface area contributed by atoms with Gasteiger partial charge in [0, 0.05) is 18.5 Å². The van der Waals surface area contributed by atoms with Crippen molar-refractivity contribution in [2.75, 3.05) is 6.54 Å². The van der Waals surface area contributed by atoms with E-state index in [1.54, 1.807) is 0 Å². The summed E-state index contributed by atoms with van der Waals surface area (Å²) < 4.78 is 0. The summed E-state index contributed by atoms with van der Waals surface area (Å²) in [6.45, 7) is 0.600. The molecule has 1 atom stereocenters. The van der Waals surface area contributed by atoms with Crippen molar-refractivity contribution in [3.05, 3.63) is 0 Å². The molecule has 3 heteroatoms. The molecule has 2 aliphatic carbocycles. The van der Waals surface area contributed by atoms with Crippen molar-refractivity contribution in [1.29, 1.82) is 0 Å². The first-order chi connectivity index (χ1) is 8.31. The van der Waals surface area contributed by atoms with Gasteiger partial charge in [0.1, 0.15) is 0 Å². The van der Waals surface area contributed by atoms with Gasteiger partial charge in [-0.1, -0.05) is 32.1 Å². The fourth-order valence-corrected chi connectivity index (χ4v) is 3.39. The van der Waals surface area contributed by atoms with Crippen molar-refractivity contribution in [3.8, 4) is 0 Å². The van der Waals surface area contributed by atoms with Crippen molar-refractivity contribution < 1.29 is 4.79 Å². The molecule has 2 aliphatic rings. The first-order valence-corrected chi connectivity index (χ1v) is 7.31. The van der Waals surface area contributed by atoms with E-state index < -0.39 is 0 Å². The Balaban J connectivity index is 1.82. The highest BCUT2D eigenvalue weighted by Crippen LogP contribution is 2.28. The van der Waals surface area contributed by atoms with Crippen LogP contribution in [0.1, 0.15) is 57.8 Å². The van der Waals surface area contributed by atoms with E-state index in [1.165, 1.54) is 44.9 Å². The number of nitrogens with two attached hydrogens (primary N) is 1. The largest absolute Gasteiger partial charge is 0.352 e. The molecule has 0 aromatic carbocycles. The Kier molecular flexibility index (Phi) is 4.84. The number of rotatable bonds is 4. The molecule has 3 nitrogen and oxygen atoms in total. The molecule has 98 valence electrons. The number of carbonyl (C=O) groups excluding carboxylic acids is 1. The summed E-state index contributed by atoms with van der Waals surface area (Å²) in [4.78, 5) is 12.2. The highest BCUT2D eigenvalue weighted by Gasteiger charge is 2.28. The summed E-state index contributed by atoms with van der Waals surface area (Å²) in [5.74, 6) is 1.17. The van der Waals surface area contributed by atoms with Crippen LogP contribution >= 0.6 is 0 Å². The first-order valence-electron chi connectivity index (χ1n) is 7.31. The first kappa shape index (κ1) is 12.9. The van der Waals surface area contributed by atoms with Crippen molar-refractivity contribution >= 4 is 5.91 Å². The van der Waals surface area contributed by atoms with Crippen LogP contribution in [-0.2, 0) is 4.79 Å². The third kappa shape index (κ3) is 3.44. The van der Waals surface area contributed by atoms with Crippen molar-refractivity contribution in [2.45, 2.75) is 63.8 Å². The van der Waals surface area contributed by atoms with Gasteiger partial charge in [-0.05, 0) is 31.6 Å². The second-order valence-corrected chi connectivity index (χ2v) is 5.73. The number of nitrogens with one attached hydrogen (secondary N) is 1. The smallest absolute Gasteiger partial charge is 0.223 e. The Labute approximate surface area is 105 Å². The minimum atomic E-state index is 0.229. The van der Waals surface area contributed by atoms with Crippen LogP contribution in [0.3, 0.4) is 0 Å². The second-order valence-electron chi connectivity index (χ2n) is 5.73. The number of amides is 1. The van der Waals surface area contributed by atoms with E-state index in [0.29, 0.717) is 12.5 Å². The van der Waals surface area contributed by atoms with Gasteiger partial charge < -0.3 is 11.1 Å². The summed E-state index contributed by atoms with van der Waals surface area (Å²) in [6.07, 6.45) is 11.0. The van der Waals surface area contributed by atoms with Crippen LogP contribution in [0.2, 0.25) is 0 Å². The molecule has 2 fully saturated rings. The summed E-state index contributed by atoms with van der Waals surface area (Å²) >= 11 is 0. The summed E-state index contributed by atoms with van der Waals surface area (Å²) in [7, 11) is 0. The molecule has 0 saturated heterocycles. The zero-order valence-electron chi connectivity index (χ0n) is 10.8. The fourth-order valence-electron chi connectivity index (χ4n) is 3.39.